The third kappa shape index (κ3) is 5.46. The molecule has 1 fully saturated rings. The number of nitrogens with one attached hydrogen (secondary N) is 1. The Morgan fingerprint density at radius 2 is 2.02 bits per heavy atom. The predicted octanol–water partition coefficient (Wildman–Crippen LogP) is 5.83. The molecule has 232 valence electrons. The molecule has 3 aromatic rings. The molecule has 4 aliphatic rings. The van der Waals surface area contributed by atoms with Crippen molar-refractivity contribution in [3.05, 3.63) is 64.4 Å². The molecule has 9 nitrogen and oxygen atoms in total. The number of nitrogens with zero attached hydrogens (tertiary/aromatic N) is 5. The fourth-order valence-corrected chi connectivity index (χ4v) is 7.61. The topological polar surface area (TPSA) is 110 Å². The number of likely N-dealkylation sites (tertiary alicyclic amines) is 1. The van der Waals surface area contributed by atoms with Crippen LogP contribution in [-0.4, -0.2) is 72.8 Å². The molecule has 0 amide bonds. The zero-order chi connectivity index (χ0) is 30.6. The largest absolute Gasteiger partial charge is 0.491 e. The summed E-state index contributed by atoms with van der Waals surface area (Å²) in [6, 6.07) is 8.56. The van der Waals surface area contributed by atoms with E-state index in [-0.39, 0.29) is 11.5 Å². The number of benzene rings is 1. The molecule has 1 aromatic carbocycles. The van der Waals surface area contributed by atoms with Crippen LogP contribution in [0.4, 0.5) is 0 Å². The van der Waals surface area contributed by atoms with Crippen LogP contribution in [0, 0.1) is 12.3 Å². The number of ether oxygens (including phenoxy) is 1. The van der Waals surface area contributed by atoms with E-state index in [1.54, 1.807) is 4.90 Å². The lowest BCUT2D eigenvalue weighted by Crippen LogP contribution is -2.43. The minimum atomic E-state index is -1.46. The first-order valence-corrected chi connectivity index (χ1v) is 16.2. The summed E-state index contributed by atoms with van der Waals surface area (Å²) < 4.78 is 6.35. The van der Waals surface area contributed by atoms with Crippen LogP contribution in [0.2, 0.25) is 0 Å². The van der Waals surface area contributed by atoms with E-state index in [1.807, 2.05) is 13.1 Å². The highest BCUT2D eigenvalue weighted by atomic mass is 16.5. The number of aliphatic imine (C=N–C) groups is 1. The van der Waals surface area contributed by atoms with E-state index in [9.17, 15) is 10.2 Å². The molecule has 3 N–H and O–H groups in total. The molecule has 1 atom stereocenters. The Kier molecular flexibility index (Phi) is 7.59. The summed E-state index contributed by atoms with van der Waals surface area (Å²) in [6.07, 6.45) is 6.99. The van der Waals surface area contributed by atoms with Crippen LogP contribution in [0.1, 0.15) is 77.1 Å². The number of aromatic amines is 1. The number of aliphatic hydroxyl groups excluding tert-OH is 1. The van der Waals surface area contributed by atoms with Crippen LogP contribution in [0.15, 0.2) is 58.0 Å². The Labute approximate surface area is 259 Å². The van der Waals surface area contributed by atoms with Crippen molar-refractivity contribution in [1.82, 2.24) is 24.8 Å². The number of hydrogen-bond acceptors (Lipinski definition) is 8. The maximum absolute atomic E-state index is 10.2. The van der Waals surface area contributed by atoms with Gasteiger partial charge in [-0.05, 0) is 85.8 Å². The van der Waals surface area contributed by atoms with Gasteiger partial charge in [0.1, 0.15) is 18.2 Å². The zero-order valence-electron chi connectivity index (χ0n) is 26.4. The summed E-state index contributed by atoms with van der Waals surface area (Å²) in [6.45, 7) is 11.8. The Morgan fingerprint density at radius 1 is 1.16 bits per heavy atom. The second-order valence-corrected chi connectivity index (χ2v) is 13.6. The molecule has 3 aliphatic heterocycles. The Balaban J connectivity index is 1.28. The van der Waals surface area contributed by atoms with Crippen molar-refractivity contribution in [2.75, 3.05) is 19.7 Å². The normalized spacial score (nSPS) is 22.6. The van der Waals surface area contributed by atoms with E-state index >= 15 is 0 Å². The van der Waals surface area contributed by atoms with E-state index in [0.717, 1.165) is 103 Å². The maximum atomic E-state index is 10.2. The van der Waals surface area contributed by atoms with E-state index < -0.39 is 6.41 Å². The Bertz CT molecular complexity index is 1680. The summed E-state index contributed by atoms with van der Waals surface area (Å²) in [5.74, 6) is 1.79. The summed E-state index contributed by atoms with van der Waals surface area (Å²) in [5.41, 5.74) is 11.5. The Hall–Kier alpha value is -3.53. The van der Waals surface area contributed by atoms with Crippen LogP contribution in [0.25, 0.3) is 22.3 Å². The smallest absolute Gasteiger partial charge is 0.214 e. The number of allylic oxidation sites excluding steroid dienone is 3. The molecule has 1 aliphatic carbocycles. The fourth-order valence-electron chi connectivity index (χ4n) is 7.61. The second-order valence-electron chi connectivity index (χ2n) is 13.6. The Morgan fingerprint density at radius 3 is 2.84 bits per heavy atom. The highest BCUT2D eigenvalue weighted by Gasteiger charge is 2.38. The number of aromatic nitrogens is 3. The minimum Gasteiger partial charge on any atom is -0.491 e. The van der Waals surface area contributed by atoms with Gasteiger partial charge < -0.3 is 24.8 Å². The van der Waals surface area contributed by atoms with E-state index in [4.69, 9.17) is 9.73 Å². The van der Waals surface area contributed by atoms with Crippen molar-refractivity contribution < 1.29 is 14.9 Å². The van der Waals surface area contributed by atoms with Crippen LogP contribution in [0.3, 0.4) is 0 Å². The second kappa shape index (κ2) is 11.4. The van der Waals surface area contributed by atoms with Gasteiger partial charge in [-0.3, -0.25) is 4.99 Å². The first-order chi connectivity index (χ1) is 21.2. The third-order valence-corrected chi connectivity index (χ3v) is 9.88. The van der Waals surface area contributed by atoms with Crippen molar-refractivity contribution in [3.63, 3.8) is 0 Å². The molecule has 44 heavy (non-hydrogen) atoms. The van der Waals surface area contributed by atoms with Crippen LogP contribution in [-0.2, 0) is 6.54 Å². The van der Waals surface area contributed by atoms with E-state index in [1.165, 1.54) is 22.5 Å². The molecule has 0 bridgehead atoms. The monoisotopic (exact) mass is 596 g/mol. The minimum absolute atomic E-state index is 0.0417. The van der Waals surface area contributed by atoms with Gasteiger partial charge in [0.15, 0.2) is 5.65 Å². The molecular weight excluding hydrogens is 552 g/mol. The number of aliphatic hydroxyl groups is 2. The standard InChI is InChI=1S/C35H44N6O3/c1-5-22-16-28(30-7-6-12-41(30)34(42)43)39-27-10-11-35(3,4)18-26(27)32(22)40-13-14-44-31-9-8-23(15-25(31)20-40)24-17-29-33(36-19-24)38-21(2)37-29/h8-9,15,17,19,30,34,42-43H,5-7,10-14,16,18,20H2,1-4H3,(H,36,37,38). The quantitative estimate of drug-likeness (QED) is 0.318. The number of aryl methyl sites for hydroxylation is 1. The van der Waals surface area contributed by atoms with Crippen LogP contribution < -0.4 is 4.74 Å². The lowest BCUT2D eigenvalue weighted by Gasteiger charge is -2.37. The summed E-state index contributed by atoms with van der Waals surface area (Å²) >= 11 is 0. The van der Waals surface area contributed by atoms with Crippen molar-refractivity contribution in [1.29, 1.82) is 0 Å². The zero-order valence-corrected chi connectivity index (χ0v) is 26.4. The average molecular weight is 597 g/mol. The summed E-state index contributed by atoms with van der Waals surface area (Å²) in [5, 5.41) is 20.3. The number of imidazole rings is 1. The third-order valence-electron chi connectivity index (χ3n) is 9.88. The first kappa shape index (κ1) is 29.2. The molecule has 7 rings (SSSR count). The molecule has 9 heteroatoms. The number of fused-ring (bicyclic) bond motifs is 2. The molecule has 1 saturated heterocycles. The summed E-state index contributed by atoms with van der Waals surface area (Å²) in [4.78, 5) is 22.1. The number of hydrogen-bond donors (Lipinski definition) is 3. The van der Waals surface area contributed by atoms with Gasteiger partial charge in [0.2, 0.25) is 6.41 Å². The molecule has 2 aromatic heterocycles. The maximum Gasteiger partial charge on any atom is 0.214 e. The van der Waals surface area contributed by atoms with Gasteiger partial charge in [0.25, 0.3) is 0 Å². The van der Waals surface area contributed by atoms with Gasteiger partial charge in [0, 0.05) is 53.9 Å². The molecular formula is C35H44N6O3. The molecule has 0 radical (unpaired) electrons. The van der Waals surface area contributed by atoms with Gasteiger partial charge in [-0.25, -0.2) is 14.9 Å². The van der Waals surface area contributed by atoms with Gasteiger partial charge >= 0.3 is 0 Å². The fraction of sp³-hybridized carbons (Fsp3) is 0.514. The molecule has 1 unspecified atom stereocenters. The van der Waals surface area contributed by atoms with Gasteiger partial charge in [0.05, 0.1) is 18.1 Å². The van der Waals surface area contributed by atoms with Gasteiger partial charge in [-0.15, -0.1) is 0 Å². The van der Waals surface area contributed by atoms with Crippen molar-refractivity contribution in [3.8, 4) is 16.9 Å². The molecule has 5 heterocycles. The van der Waals surface area contributed by atoms with Gasteiger partial charge in [-0.2, -0.15) is 0 Å². The van der Waals surface area contributed by atoms with Crippen LogP contribution in [0.5, 0.6) is 5.75 Å². The molecule has 0 spiro atoms. The van der Waals surface area contributed by atoms with Gasteiger partial charge in [-0.1, -0.05) is 26.8 Å². The first-order valence-electron chi connectivity index (χ1n) is 16.2. The van der Waals surface area contributed by atoms with Crippen molar-refractivity contribution in [2.45, 2.75) is 91.6 Å². The number of H-pyrrole nitrogens is 1. The van der Waals surface area contributed by atoms with Crippen LogP contribution >= 0.6 is 0 Å². The predicted molar refractivity (Wildman–Crippen MR) is 172 cm³/mol. The van der Waals surface area contributed by atoms with E-state index in [0.29, 0.717) is 13.2 Å². The number of pyridine rings is 1. The van der Waals surface area contributed by atoms with Crippen molar-refractivity contribution >= 4 is 16.9 Å². The summed E-state index contributed by atoms with van der Waals surface area (Å²) in [7, 11) is 0. The van der Waals surface area contributed by atoms with E-state index in [2.05, 4.69) is 64.9 Å². The highest BCUT2D eigenvalue weighted by molar-refractivity contribution is 5.93. The lowest BCUT2D eigenvalue weighted by molar-refractivity contribution is -0.152. The average Bonchev–Trinajstić information content (AvgIpc) is 3.53. The molecule has 0 saturated carbocycles. The SMILES string of the molecule is CCC1=C(N2CCOc3ccc(-c4cnc5nc(C)[nH]c5c4)cc3C2)C2=C(CCC(C)(C)C2)N=C(C2CCCN2C(O)O)C1. The van der Waals surface area contributed by atoms with Crippen molar-refractivity contribution in [2.24, 2.45) is 10.4 Å². The lowest BCUT2D eigenvalue weighted by atomic mass is 9.74. The number of rotatable bonds is 5. The highest BCUT2D eigenvalue weighted by Crippen LogP contribution is 2.46.